The van der Waals surface area contributed by atoms with E-state index in [0.717, 1.165) is 36.7 Å². The summed E-state index contributed by atoms with van der Waals surface area (Å²) in [7, 11) is -3.11. The molecular formula is C20H24N2O3S. The van der Waals surface area contributed by atoms with Gasteiger partial charge in [-0.3, -0.25) is 9.69 Å². The summed E-state index contributed by atoms with van der Waals surface area (Å²) in [6, 6.07) is 13.0. The molecule has 5 nitrogen and oxygen atoms in total. The maximum Gasteiger partial charge on any atom is 0.251 e. The zero-order valence-corrected chi connectivity index (χ0v) is 15.5. The molecule has 2 aliphatic heterocycles. The molecule has 0 unspecified atom stereocenters. The van der Waals surface area contributed by atoms with Gasteiger partial charge in [-0.15, -0.1) is 0 Å². The lowest BCUT2D eigenvalue weighted by atomic mass is 10.0. The molecule has 0 radical (unpaired) electrons. The summed E-state index contributed by atoms with van der Waals surface area (Å²) < 4.78 is 24.4. The number of benzene rings is 2. The molecule has 1 amide bonds. The highest BCUT2D eigenvalue weighted by Crippen LogP contribution is 2.23. The minimum absolute atomic E-state index is 0.0352. The molecule has 2 aromatic carbocycles. The first kappa shape index (κ1) is 17.5. The number of fused-ring (bicyclic) bond motifs is 1. The van der Waals surface area contributed by atoms with Gasteiger partial charge in [0.25, 0.3) is 5.91 Å². The number of rotatable bonds is 3. The molecule has 0 aromatic heterocycles. The Balaban J connectivity index is 1.54. The predicted molar refractivity (Wildman–Crippen MR) is 103 cm³/mol. The average molecular weight is 372 g/mol. The molecule has 2 aliphatic rings. The minimum atomic E-state index is -3.11. The van der Waals surface area contributed by atoms with Gasteiger partial charge >= 0.3 is 0 Å². The molecule has 2 fully saturated rings. The number of nitrogens with one attached hydrogen (secondary N) is 1. The van der Waals surface area contributed by atoms with Crippen LogP contribution in [0.3, 0.4) is 0 Å². The van der Waals surface area contributed by atoms with Gasteiger partial charge in [0.15, 0.2) is 9.84 Å². The second-order valence-corrected chi connectivity index (χ2v) is 9.54. The normalized spacial score (nSPS) is 26.0. The lowest BCUT2D eigenvalue weighted by Gasteiger charge is -2.35. The third kappa shape index (κ3) is 3.62. The van der Waals surface area contributed by atoms with Crippen LogP contribution in [0.15, 0.2) is 42.5 Å². The highest BCUT2D eigenvalue weighted by atomic mass is 32.2. The van der Waals surface area contributed by atoms with Crippen molar-refractivity contribution in [3.8, 4) is 0 Å². The minimum Gasteiger partial charge on any atom is -0.347 e. The van der Waals surface area contributed by atoms with Crippen molar-refractivity contribution in [1.29, 1.82) is 0 Å². The number of hydrogen-bond acceptors (Lipinski definition) is 4. The van der Waals surface area contributed by atoms with E-state index in [1.54, 1.807) is 6.07 Å². The zero-order chi connectivity index (χ0) is 18.1. The van der Waals surface area contributed by atoms with Gasteiger partial charge in [-0.1, -0.05) is 36.8 Å². The topological polar surface area (TPSA) is 66.5 Å². The number of sulfone groups is 1. The van der Waals surface area contributed by atoms with Crippen LogP contribution >= 0.6 is 0 Å². The number of nitrogens with zero attached hydrogens (tertiary/aromatic N) is 1. The molecule has 26 heavy (non-hydrogen) atoms. The third-order valence-electron chi connectivity index (χ3n) is 5.51. The third-order valence-corrected chi connectivity index (χ3v) is 7.23. The molecule has 0 saturated carbocycles. The SMILES string of the molecule is O=C(N[C@@H]1CS(=O)(=O)C[C@@H]1N1CCCCC1)c1ccc2ccccc2c1. The Kier molecular flexibility index (Phi) is 4.71. The first-order valence-corrected chi connectivity index (χ1v) is 11.1. The van der Waals surface area contributed by atoms with Crippen molar-refractivity contribution in [2.45, 2.75) is 31.3 Å². The number of amides is 1. The molecule has 4 rings (SSSR count). The van der Waals surface area contributed by atoms with Crippen molar-refractivity contribution < 1.29 is 13.2 Å². The second-order valence-electron chi connectivity index (χ2n) is 7.38. The summed E-state index contributed by atoms with van der Waals surface area (Å²) in [5.74, 6) is -0.0109. The lowest BCUT2D eigenvalue weighted by molar-refractivity contribution is 0.0900. The van der Waals surface area contributed by atoms with E-state index in [0.29, 0.717) is 5.56 Å². The van der Waals surface area contributed by atoms with E-state index in [4.69, 9.17) is 0 Å². The van der Waals surface area contributed by atoms with Crippen LogP contribution in [-0.2, 0) is 9.84 Å². The van der Waals surface area contributed by atoms with Crippen LogP contribution in [0.5, 0.6) is 0 Å². The number of carbonyl (C=O) groups excluding carboxylic acids is 1. The van der Waals surface area contributed by atoms with Crippen molar-refractivity contribution >= 4 is 26.5 Å². The van der Waals surface area contributed by atoms with Gasteiger partial charge in [-0.2, -0.15) is 0 Å². The Morgan fingerprint density at radius 3 is 2.46 bits per heavy atom. The maximum absolute atomic E-state index is 12.8. The quantitative estimate of drug-likeness (QED) is 0.897. The van der Waals surface area contributed by atoms with Crippen molar-refractivity contribution in [1.82, 2.24) is 10.2 Å². The van der Waals surface area contributed by atoms with Gasteiger partial charge in [-0.25, -0.2) is 8.42 Å². The molecule has 2 aromatic rings. The Morgan fingerprint density at radius 2 is 1.69 bits per heavy atom. The summed E-state index contributed by atoms with van der Waals surface area (Å²) >= 11 is 0. The molecule has 6 heteroatoms. The monoisotopic (exact) mass is 372 g/mol. The first-order chi connectivity index (χ1) is 12.5. The largest absolute Gasteiger partial charge is 0.347 e. The lowest BCUT2D eigenvalue weighted by Crippen LogP contribution is -2.52. The molecule has 2 saturated heterocycles. The molecule has 0 bridgehead atoms. The molecule has 0 aliphatic carbocycles. The summed E-state index contributed by atoms with van der Waals surface area (Å²) in [6.07, 6.45) is 3.40. The predicted octanol–water partition coefficient (Wildman–Crippen LogP) is 2.22. The van der Waals surface area contributed by atoms with Gasteiger partial charge < -0.3 is 5.32 Å². The van der Waals surface area contributed by atoms with E-state index >= 15 is 0 Å². The summed E-state index contributed by atoms with van der Waals surface area (Å²) in [4.78, 5) is 15.0. The van der Waals surface area contributed by atoms with E-state index in [9.17, 15) is 13.2 Å². The number of hydrogen-bond donors (Lipinski definition) is 1. The van der Waals surface area contributed by atoms with Gasteiger partial charge in [0.2, 0.25) is 0 Å². The van der Waals surface area contributed by atoms with Crippen LogP contribution in [0.4, 0.5) is 0 Å². The standard InChI is InChI=1S/C20H24N2O3S/c23-20(17-9-8-15-6-2-3-7-16(15)12-17)21-18-13-26(24,25)14-19(18)22-10-4-1-5-11-22/h2-3,6-9,12,18-19H,1,4-5,10-11,13-14H2,(H,21,23)/t18-,19+/m1/s1. The Morgan fingerprint density at radius 1 is 0.962 bits per heavy atom. The van der Waals surface area contributed by atoms with Gasteiger partial charge in [-0.05, 0) is 48.8 Å². The second kappa shape index (κ2) is 7.00. The van der Waals surface area contributed by atoms with E-state index in [1.165, 1.54) is 6.42 Å². The Bertz CT molecular complexity index is 920. The molecule has 1 N–H and O–H groups in total. The zero-order valence-electron chi connectivity index (χ0n) is 14.7. The molecule has 2 atom stereocenters. The van der Waals surface area contributed by atoms with Crippen molar-refractivity contribution in [2.24, 2.45) is 0 Å². The number of carbonyl (C=O) groups is 1. The van der Waals surface area contributed by atoms with Gasteiger partial charge in [0, 0.05) is 11.6 Å². The van der Waals surface area contributed by atoms with Crippen LogP contribution in [0.2, 0.25) is 0 Å². The van der Waals surface area contributed by atoms with E-state index in [-0.39, 0.29) is 29.5 Å². The van der Waals surface area contributed by atoms with Crippen molar-refractivity contribution in [2.75, 3.05) is 24.6 Å². The van der Waals surface area contributed by atoms with Crippen LogP contribution < -0.4 is 5.32 Å². The van der Waals surface area contributed by atoms with Crippen LogP contribution in [0.25, 0.3) is 10.8 Å². The summed E-state index contributed by atoms with van der Waals surface area (Å²) in [5.41, 5.74) is 0.574. The molecular weight excluding hydrogens is 348 g/mol. The van der Waals surface area contributed by atoms with E-state index in [2.05, 4.69) is 10.2 Å². The maximum atomic E-state index is 12.8. The highest BCUT2D eigenvalue weighted by Gasteiger charge is 2.41. The van der Waals surface area contributed by atoms with Crippen molar-refractivity contribution in [3.05, 3.63) is 48.0 Å². The fourth-order valence-electron chi connectivity index (χ4n) is 4.16. The van der Waals surface area contributed by atoms with Crippen LogP contribution in [0.1, 0.15) is 29.6 Å². The van der Waals surface area contributed by atoms with E-state index in [1.807, 2.05) is 36.4 Å². The fourth-order valence-corrected chi connectivity index (χ4v) is 6.11. The Hall–Kier alpha value is -1.92. The smallest absolute Gasteiger partial charge is 0.251 e. The fraction of sp³-hybridized carbons (Fsp3) is 0.450. The Labute approximate surface area is 154 Å². The van der Waals surface area contributed by atoms with E-state index < -0.39 is 9.84 Å². The molecule has 0 spiro atoms. The van der Waals surface area contributed by atoms with Crippen LogP contribution in [0, 0.1) is 0 Å². The molecule has 138 valence electrons. The molecule has 2 heterocycles. The number of likely N-dealkylation sites (tertiary alicyclic amines) is 1. The highest BCUT2D eigenvalue weighted by molar-refractivity contribution is 7.91. The first-order valence-electron chi connectivity index (χ1n) is 9.26. The van der Waals surface area contributed by atoms with Gasteiger partial charge in [0.05, 0.1) is 17.5 Å². The van der Waals surface area contributed by atoms with Crippen LogP contribution in [-0.4, -0.2) is 55.9 Å². The average Bonchev–Trinajstić information content (AvgIpc) is 2.96. The van der Waals surface area contributed by atoms with Crippen molar-refractivity contribution in [3.63, 3.8) is 0 Å². The number of piperidine rings is 1. The summed E-state index contributed by atoms with van der Waals surface area (Å²) in [6.45, 7) is 1.84. The van der Waals surface area contributed by atoms with Gasteiger partial charge in [0.1, 0.15) is 0 Å². The summed E-state index contributed by atoms with van der Waals surface area (Å²) in [5, 5.41) is 5.09.